The van der Waals surface area contributed by atoms with Gasteiger partial charge in [0, 0.05) is 16.6 Å². The van der Waals surface area contributed by atoms with Crippen LogP contribution in [-0.2, 0) is 9.53 Å². The molecule has 6 nitrogen and oxygen atoms in total. The van der Waals surface area contributed by atoms with Gasteiger partial charge in [-0.25, -0.2) is 0 Å². The van der Waals surface area contributed by atoms with Crippen molar-refractivity contribution in [1.29, 1.82) is 0 Å². The summed E-state index contributed by atoms with van der Waals surface area (Å²) in [5.74, 6) is 0.160. The number of methoxy groups -OCH3 is 1. The van der Waals surface area contributed by atoms with Crippen LogP contribution in [0.25, 0.3) is 21.2 Å². The van der Waals surface area contributed by atoms with Gasteiger partial charge < -0.3 is 4.74 Å². The largest absolute Gasteiger partial charge is 0.468 e. The lowest BCUT2D eigenvalue weighted by Crippen LogP contribution is -2.50. The first-order chi connectivity index (χ1) is 12.2. The molecule has 128 valence electrons. The molecule has 1 aliphatic heterocycles. The second kappa shape index (κ2) is 6.06. The number of ether oxygens (including phenoxy) is 1. The predicted octanol–water partition coefficient (Wildman–Crippen LogP) is 4.53. The van der Waals surface area contributed by atoms with E-state index < -0.39 is 5.54 Å². The number of rotatable bonds is 3. The topological polar surface area (TPSA) is 87.1 Å². The van der Waals surface area contributed by atoms with Crippen LogP contribution >= 0.6 is 0 Å². The molecule has 6 heteroatoms. The maximum Gasteiger partial charge on any atom is 0.326 e. The van der Waals surface area contributed by atoms with E-state index in [-0.39, 0.29) is 12.0 Å². The third kappa shape index (κ3) is 2.37. The second-order valence-electron chi connectivity index (χ2n) is 6.89. The third-order valence-corrected chi connectivity index (χ3v) is 5.78. The minimum absolute atomic E-state index is 0.0921. The van der Waals surface area contributed by atoms with Gasteiger partial charge in [0.15, 0.2) is 0 Å². The molecule has 0 bridgehead atoms. The lowest BCUT2D eigenvalue weighted by atomic mass is 9.88. The molecule has 4 rings (SSSR count). The van der Waals surface area contributed by atoms with Crippen molar-refractivity contribution >= 4 is 22.4 Å². The first-order valence-electron chi connectivity index (χ1n) is 8.62. The minimum atomic E-state index is -0.552. The zero-order chi connectivity index (χ0) is 17.4. The van der Waals surface area contributed by atoms with Crippen molar-refractivity contribution < 1.29 is 9.53 Å². The fourth-order valence-corrected chi connectivity index (χ4v) is 4.70. The van der Waals surface area contributed by atoms with Crippen LogP contribution in [0.5, 0.6) is 0 Å². The van der Waals surface area contributed by atoms with E-state index in [1.54, 1.807) is 0 Å². The van der Waals surface area contributed by atoms with Gasteiger partial charge >= 0.3 is 5.97 Å². The molecule has 1 N–H and O–H groups in total. The van der Waals surface area contributed by atoms with Gasteiger partial charge in [0.2, 0.25) is 0 Å². The Morgan fingerprint density at radius 2 is 2.12 bits per heavy atom. The molecule has 1 saturated heterocycles. The highest BCUT2D eigenvalue weighted by molar-refractivity contribution is 5.95. The van der Waals surface area contributed by atoms with Crippen molar-refractivity contribution in [3.63, 3.8) is 0 Å². The Kier molecular flexibility index (Phi) is 3.86. The van der Waals surface area contributed by atoms with E-state index in [2.05, 4.69) is 15.3 Å². The Bertz CT molecular complexity index is 890. The molecule has 25 heavy (non-hydrogen) atoms. The number of carbonyl (C=O) groups is 1. The summed E-state index contributed by atoms with van der Waals surface area (Å²) in [5, 5.41) is 9.39. The number of hydrogen-bond donors (Lipinski definition) is 1. The van der Waals surface area contributed by atoms with Crippen LogP contribution in [0.4, 0.5) is 5.69 Å². The number of esters is 1. The van der Waals surface area contributed by atoms with Crippen molar-refractivity contribution in [3.8, 4) is 0 Å². The van der Waals surface area contributed by atoms with Crippen LogP contribution in [0.3, 0.4) is 0 Å². The molecule has 1 heterocycles. The number of carbonyl (C=O) groups excluding carboxylic acids is 1. The molecule has 2 aromatic rings. The Morgan fingerprint density at radius 1 is 1.32 bits per heavy atom. The summed E-state index contributed by atoms with van der Waals surface area (Å²) in [6.45, 7) is 0. The Labute approximate surface area is 145 Å². The highest BCUT2D eigenvalue weighted by Crippen LogP contribution is 2.49. The van der Waals surface area contributed by atoms with E-state index in [4.69, 9.17) is 10.3 Å². The van der Waals surface area contributed by atoms with Gasteiger partial charge in [0.1, 0.15) is 5.54 Å². The highest BCUT2D eigenvalue weighted by atomic mass is 16.5. The molecule has 1 aliphatic carbocycles. The van der Waals surface area contributed by atoms with E-state index in [9.17, 15) is 4.79 Å². The van der Waals surface area contributed by atoms with Crippen LogP contribution in [0.2, 0.25) is 0 Å². The van der Waals surface area contributed by atoms with Gasteiger partial charge in [-0.3, -0.25) is 10.1 Å². The van der Waals surface area contributed by atoms with E-state index in [0.29, 0.717) is 11.6 Å². The number of fused-ring (bicyclic) bond motifs is 2. The molecule has 0 spiro atoms. The van der Waals surface area contributed by atoms with Crippen molar-refractivity contribution in [3.05, 3.63) is 52.4 Å². The van der Waals surface area contributed by atoms with E-state index in [1.165, 1.54) is 7.11 Å². The van der Waals surface area contributed by atoms with Gasteiger partial charge in [-0.15, -0.1) is 0 Å². The molecule has 0 amide bonds. The second-order valence-corrected chi connectivity index (χ2v) is 6.89. The number of benzene rings is 2. The summed E-state index contributed by atoms with van der Waals surface area (Å²) in [4.78, 5) is 15.4. The highest BCUT2D eigenvalue weighted by Gasteiger charge is 2.55. The van der Waals surface area contributed by atoms with Crippen molar-refractivity contribution in [2.24, 2.45) is 11.0 Å². The average Bonchev–Trinajstić information content (AvgIpc) is 3.20. The molecular formula is C19H20N4O2. The Hall–Kier alpha value is -2.56. The molecule has 0 aromatic heterocycles. The van der Waals surface area contributed by atoms with Crippen LogP contribution < -0.4 is 5.32 Å². The number of azide groups is 1. The van der Waals surface area contributed by atoms with Crippen LogP contribution in [-0.4, -0.2) is 18.6 Å². The summed E-state index contributed by atoms with van der Waals surface area (Å²) in [5.41, 5.74) is 10.0. The first kappa shape index (κ1) is 15.9. The first-order valence-corrected chi connectivity index (χ1v) is 8.62. The summed E-state index contributed by atoms with van der Waals surface area (Å²) < 4.78 is 5.10. The summed E-state index contributed by atoms with van der Waals surface area (Å²) >= 11 is 0. The van der Waals surface area contributed by atoms with Crippen molar-refractivity contribution in [2.45, 2.75) is 37.3 Å². The maximum atomic E-state index is 12.5. The maximum absolute atomic E-state index is 12.5. The standard InChI is InChI=1S/C19H20N4O2/c1-25-18(24)19-10-4-5-12(19)11-17(21-19)15-8-9-16(22-23-20)14-7-3-2-6-13(14)15/h2-3,6-9,12,17,21H,4-5,10-11H2,1H3/t12-,17+,19-/m0/s1. The third-order valence-electron chi connectivity index (χ3n) is 5.78. The van der Waals surface area contributed by atoms with Crippen molar-refractivity contribution in [2.75, 3.05) is 7.11 Å². The number of hydrogen-bond acceptors (Lipinski definition) is 4. The lowest BCUT2D eigenvalue weighted by molar-refractivity contribution is -0.149. The lowest BCUT2D eigenvalue weighted by Gasteiger charge is -2.27. The molecule has 1 saturated carbocycles. The zero-order valence-corrected chi connectivity index (χ0v) is 14.1. The van der Waals surface area contributed by atoms with Crippen LogP contribution in [0.15, 0.2) is 41.5 Å². The van der Waals surface area contributed by atoms with E-state index in [0.717, 1.165) is 42.0 Å². The van der Waals surface area contributed by atoms with E-state index in [1.807, 2.05) is 36.4 Å². The van der Waals surface area contributed by atoms with Crippen LogP contribution in [0, 0.1) is 5.92 Å². The van der Waals surface area contributed by atoms with Crippen molar-refractivity contribution in [1.82, 2.24) is 5.32 Å². The van der Waals surface area contributed by atoms with Gasteiger partial charge in [-0.05, 0) is 47.0 Å². The molecule has 2 aliphatic rings. The minimum Gasteiger partial charge on any atom is -0.468 e. The summed E-state index contributed by atoms with van der Waals surface area (Å²) in [6, 6.07) is 11.9. The van der Waals surface area contributed by atoms with Gasteiger partial charge in [-0.1, -0.05) is 47.9 Å². The molecule has 2 fully saturated rings. The van der Waals surface area contributed by atoms with E-state index >= 15 is 0 Å². The fraction of sp³-hybridized carbons (Fsp3) is 0.421. The molecule has 0 unspecified atom stereocenters. The predicted molar refractivity (Wildman–Crippen MR) is 95.3 cm³/mol. The molecule has 3 atom stereocenters. The number of nitrogens with zero attached hydrogens (tertiary/aromatic N) is 3. The Morgan fingerprint density at radius 3 is 2.88 bits per heavy atom. The van der Waals surface area contributed by atoms with Gasteiger partial charge in [-0.2, -0.15) is 0 Å². The summed E-state index contributed by atoms with van der Waals surface area (Å²) in [6.07, 6.45) is 3.85. The van der Waals surface area contributed by atoms with Gasteiger partial charge in [0.05, 0.1) is 7.11 Å². The quantitative estimate of drug-likeness (QED) is 0.387. The molecule has 0 radical (unpaired) electrons. The fourth-order valence-electron chi connectivity index (χ4n) is 4.70. The monoisotopic (exact) mass is 336 g/mol. The smallest absolute Gasteiger partial charge is 0.326 e. The van der Waals surface area contributed by atoms with Crippen LogP contribution in [0.1, 0.15) is 37.3 Å². The zero-order valence-electron chi connectivity index (χ0n) is 14.1. The molecular weight excluding hydrogens is 316 g/mol. The normalized spacial score (nSPS) is 27.7. The molecule has 2 aromatic carbocycles. The SMILES string of the molecule is COC(=O)[C@]12CCC[C@H]1C[C@H](c1ccc(N=[N+]=[N-])c3ccccc13)N2. The average molecular weight is 336 g/mol. The Balaban J connectivity index is 1.78. The number of nitrogens with one attached hydrogen (secondary N) is 1. The van der Waals surface area contributed by atoms with Gasteiger partial charge in [0.25, 0.3) is 0 Å². The summed E-state index contributed by atoms with van der Waals surface area (Å²) in [7, 11) is 1.46.